The molecule has 1 aromatic heterocycles. The third kappa shape index (κ3) is 5.35. The van der Waals surface area contributed by atoms with Gasteiger partial charge < -0.3 is 15.4 Å². The second-order valence-electron chi connectivity index (χ2n) is 10.2. The molecule has 5 unspecified atom stereocenters. The van der Waals surface area contributed by atoms with Crippen molar-refractivity contribution in [1.29, 1.82) is 0 Å². The van der Waals surface area contributed by atoms with E-state index in [1.807, 2.05) is 24.3 Å². The van der Waals surface area contributed by atoms with E-state index >= 15 is 0 Å². The number of pyridine rings is 1. The Bertz CT molecular complexity index is 1360. The molecule has 4 heterocycles. The van der Waals surface area contributed by atoms with Gasteiger partial charge in [0.05, 0.1) is 24.2 Å². The number of fused-ring (bicyclic) bond motifs is 4. The van der Waals surface area contributed by atoms with Gasteiger partial charge in [-0.3, -0.25) is 9.88 Å². The molecule has 3 saturated heterocycles. The van der Waals surface area contributed by atoms with Crippen LogP contribution < -0.4 is 15.4 Å². The predicted molar refractivity (Wildman–Crippen MR) is 148 cm³/mol. The van der Waals surface area contributed by atoms with Gasteiger partial charge in [-0.25, -0.2) is 0 Å². The summed E-state index contributed by atoms with van der Waals surface area (Å²) in [5.74, 6) is 1.71. The van der Waals surface area contributed by atoms with E-state index in [2.05, 4.69) is 33.2 Å². The molecule has 6 rings (SSSR count). The van der Waals surface area contributed by atoms with Crippen LogP contribution in [0.4, 0.5) is 18.9 Å². The first-order valence-corrected chi connectivity index (χ1v) is 13.1. The second kappa shape index (κ2) is 10.5. The topological polar surface area (TPSA) is 49.4 Å². The highest BCUT2D eigenvalue weighted by atomic mass is 32.1. The van der Waals surface area contributed by atoms with Crippen molar-refractivity contribution in [3.8, 4) is 5.75 Å². The van der Waals surface area contributed by atoms with Crippen molar-refractivity contribution in [2.24, 2.45) is 11.8 Å². The van der Waals surface area contributed by atoms with Crippen LogP contribution in [-0.4, -0.2) is 41.2 Å². The number of benzene rings is 2. The maximum absolute atomic E-state index is 13.4. The van der Waals surface area contributed by atoms with Crippen LogP contribution in [0, 0.1) is 18.8 Å². The number of nitrogens with zero attached hydrogens (tertiary/aromatic N) is 2. The Labute approximate surface area is 226 Å². The molecule has 5 nitrogen and oxygen atoms in total. The third-order valence-corrected chi connectivity index (χ3v) is 8.03. The van der Waals surface area contributed by atoms with Crippen LogP contribution in [0.15, 0.2) is 61.3 Å². The smallest absolute Gasteiger partial charge is 0.416 e. The highest BCUT2D eigenvalue weighted by molar-refractivity contribution is 7.80. The van der Waals surface area contributed by atoms with Crippen LogP contribution in [0.5, 0.6) is 5.75 Å². The zero-order valence-electron chi connectivity index (χ0n) is 21.4. The predicted octanol–water partition coefficient (Wildman–Crippen LogP) is 6.49. The van der Waals surface area contributed by atoms with E-state index in [9.17, 15) is 13.2 Å². The number of thiocarbonyl (C=S) groups is 1. The summed E-state index contributed by atoms with van der Waals surface area (Å²) in [5, 5.41) is 7.71. The number of hydrogen-bond donors (Lipinski definition) is 2. The lowest BCUT2D eigenvalue weighted by Gasteiger charge is -2.52. The number of anilines is 1. The Morgan fingerprint density at radius 1 is 1.24 bits per heavy atom. The minimum atomic E-state index is -4.44. The Morgan fingerprint density at radius 3 is 2.74 bits per heavy atom. The first-order valence-electron chi connectivity index (χ1n) is 12.7. The highest BCUT2D eigenvalue weighted by Crippen LogP contribution is 2.42. The molecular weight excluding hydrogens is 509 g/mol. The van der Waals surface area contributed by atoms with Crippen molar-refractivity contribution in [1.82, 2.24) is 15.2 Å². The van der Waals surface area contributed by atoms with Crippen molar-refractivity contribution >= 4 is 33.9 Å². The van der Waals surface area contributed by atoms with Crippen molar-refractivity contribution in [2.45, 2.75) is 38.0 Å². The molecule has 0 saturated carbocycles. The molecule has 38 heavy (non-hydrogen) atoms. The number of methoxy groups -OCH3 is 1. The fraction of sp³-hybridized carbons (Fsp3) is 0.379. The zero-order valence-corrected chi connectivity index (χ0v) is 22.2. The van der Waals surface area contributed by atoms with Crippen molar-refractivity contribution in [2.75, 3.05) is 25.5 Å². The minimum absolute atomic E-state index is 0.143. The molecule has 3 aliphatic heterocycles. The Morgan fingerprint density at radius 2 is 2.05 bits per heavy atom. The monoisotopic (exact) mass is 540 g/mol. The van der Waals surface area contributed by atoms with Gasteiger partial charge in [-0.05, 0) is 104 Å². The van der Waals surface area contributed by atoms with Gasteiger partial charge in [0.2, 0.25) is 0 Å². The van der Waals surface area contributed by atoms with E-state index in [-0.39, 0.29) is 17.2 Å². The van der Waals surface area contributed by atoms with Crippen LogP contribution in [0.25, 0.3) is 10.9 Å². The average molecular weight is 541 g/mol. The molecule has 3 fully saturated rings. The first-order chi connectivity index (χ1) is 18.2. The van der Waals surface area contributed by atoms with E-state index in [0.29, 0.717) is 23.1 Å². The molecule has 5 atom stereocenters. The zero-order chi connectivity index (χ0) is 27.0. The Balaban J connectivity index is 1.50. The molecule has 2 N–H and O–H groups in total. The summed E-state index contributed by atoms with van der Waals surface area (Å²) in [5.41, 5.74) is 1.94. The quantitative estimate of drug-likeness (QED) is 0.275. The normalized spacial score (nSPS) is 23.6. The molecule has 200 valence electrons. The van der Waals surface area contributed by atoms with Crippen molar-refractivity contribution in [3.63, 3.8) is 0 Å². The minimum Gasteiger partial charge on any atom is -0.497 e. The van der Waals surface area contributed by atoms with E-state index in [1.165, 1.54) is 0 Å². The van der Waals surface area contributed by atoms with Gasteiger partial charge in [-0.2, -0.15) is 13.2 Å². The average Bonchev–Trinajstić information content (AvgIpc) is 2.90. The molecular formula is C29H31F3N4OS. The first kappa shape index (κ1) is 26.4. The summed E-state index contributed by atoms with van der Waals surface area (Å²) < 4.78 is 45.7. The number of rotatable bonds is 6. The molecule has 2 bridgehead atoms. The number of hydrogen-bond acceptors (Lipinski definition) is 4. The lowest BCUT2D eigenvalue weighted by molar-refractivity contribution is -0.137. The summed E-state index contributed by atoms with van der Waals surface area (Å²) in [4.78, 5) is 7.02. The maximum atomic E-state index is 13.4. The molecule has 9 heteroatoms. The number of halogens is 3. The van der Waals surface area contributed by atoms with Gasteiger partial charge in [0.25, 0.3) is 0 Å². The van der Waals surface area contributed by atoms with Crippen LogP contribution >= 0.6 is 12.2 Å². The molecule has 0 amide bonds. The van der Waals surface area contributed by atoms with Crippen LogP contribution in [0.3, 0.4) is 0 Å². The van der Waals surface area contributed by atoms with Crippen LogP contribution in [-0.2, 0) is 6.18 Å². The summed E-state index contributed by atoms with van der Waals surface area (Å²) >= 11 is 5.69. The molecule has 0 radical (unpaired) electrons. The van der Waals surface area contributed by atoms with Crippen LogP contribution in [0.1, 0.15) is 35.6 Å². The standard InChI is InChI=1S/C29H31F3N4OS/c1-4-18-16-36-10-8-19(18)13-26(36)27(23-7-9-33-25-6-5-22(37-3)15-24(23)25)35-28(38)34-21-12-17(2)11-20(14-21)29(30,31)32/h4-7,9,11-12,14-15,18-19,26-27H,1,8,10,13,16H2,2-3H3,(H2,34,35,38). The SMILES string of the molecule is C=CC1CN2CCC1CC2C(NC(=S)Nc1cc(C)cc(C(F)(F)F)c1)c1ccnc2ccc(OC)cc12. The number of aromatic nitrogens is 1. The van der Waals surface area contributed by atoms with Gasteiger partial charge in [0.15, 0.2) is 5.11 Å². The molecule has 2 aromatic carbocycles. The second-order valence-corrected chi connectivity index (χ2v) is 10.6. The fourth-order valence-corrected chi connectivity index (χ4v) is 6.22. The van der Waals surface area contributed by atoms with E-state index in [4.69, 9.17) is 17.0 Å². The van der Waals surface area contributed by atoms with E-state index in [0.717, 1.165) is 60.3 Å². The van der Waals surface area contributed by atoms with Gasteiger partial charge in [0, 0.05) is 29.9 Å². The number of piperidine rings is 3. The fourth-order valence-electron chi connectivity index (χ4n) is 5.98. The highest BCUT2D eigenvalue weighted by Gasteiger charge is 2.43. The summed E-state index contributed by atoms with van der Waals surface area (Å²) in [6, 6.07) is 11.6. The molecule has 0 aliphatic carbocycles. The number of ether oxygens (including phenoxy) is 1. The van der Waals surface area contributed by atoms with Crippen molar-refractivity contribution in [3.05, 3.63) is 78.0 Å². The Kier molecular flexibility index (Phi) is 7.33. The lowest BCUT2D eigenvalue weighted by atomic mass is 9.73. The number of alkyl halides is 3. The van der Waals surface area contributed by atoms with Gasteiger partial charge in [-0.1, -0.05) is 6.08 Å². The van der Waals surface area contributed by atoms with Gasteiger partial charge in [-0.15, -0.1) is 6.58 Å². The number of nitrogens with one attached hydrogen (secondary N) is 2. The van der Waals surface area contributed by atoms with Gasteiger partial charge >= 0.3 is 6.18 Å². The molecule has 3 aromatic rings. The van der Waals surface area contributed by atoms with E-state index in [1.54, 1.807) is 26.3 Å². The maximum Gasteiger partial charge on any atom is 0.416 e. The van der Waals surface area contributed by atoms with E-state index < -0.39 is 11.7 Å². The van der Waals surface area contributed by atoms with Gasteiger partial charge in [0.1, 0.15) is 5.75 Å². The summed E-state index contributed by atoms with van der Waals surface area (Å²) in [6.07, 6.45) is 1.49. The largest absolute Gasteiger partial charge is 0.497 e. The Hall–Kier alpha value is -3.17. The summed E-state index contributed by atoms with van der Waals surface area (Å²) in [6.45, 7) is 7.59. The summed E-state index contributed by atoms with van der Waals surface area (Å²) in [7, 11) is 1.63. The van der Waals surface area contributed by atoms with Crippen LogP contribution in [0.2, 0.25) is 0 Å². The van der Waals surface area contributed by atoms with Crippen molar-refractivity contribution < 1.29 is 17.9 Å². The molecule has 0 spiro atoms. The lowest BCUT2D eigenvalue weighted by Crippen LogP contribution is -2.57. The molecule has 3 aliphatic rings. The number of aryl methyl sites for hydroxylation is 1. The third-order valence-electron chi connectivity index (χ3n) is 7.81.